The van der Waals surface area contributed by atoms with E-state index in [2.05, 4.69) is 27.4 Å². The van der Waals surface area contributed by atoms with Crippen LogP contribution in [0, 0.1) is 10.1 Å². The Morgan fingerprint density at radius 1 is 1.50 bits per heavy atom. The normalized spacial score (nSPS) is 8.80. The van der Waals surface area contributed by atoms with Gasteiger partial charge in [0.05, 0.1) is 6.57 Å². The Kier molecular flexibility index (Phi) is 2.12. The van der Waals surface area contributed by atoms with Gasteiger partial charge in [-0.05, 0) is 12.1 Å². The molecule has 0 aliphatic heterocycles. The molecular formula is C7H5IN2. The van der Waals surface area contributed by atoms with Crippen LogP contribution in [0.2, 0.25) is 0 Å². The Balaban J connectivity index is 3.23. The van der Waals surface area contributed by atoms with Crippen LogP contribution in [0.5, 0.6) is 0 Å². The summed E-state index contributed by atoms with van der Waals surface area (Å²) in [5.74, 6) is 0. The summed E-state index contributed by atoms with van der Waals surface area (Å²) in [5.41, 5.74) is 6.84. The Labute approximate surface area is 73.0 Å². The molecule has 1 aromatic rings. The van der Waals surface area contributed by atoms with Crippen LogP contribution in [0.1, 0.15) is 0 Å². The molecule has 0 saturated heterocycles. The zero-order valence-corrected chi connectivity index (χ0v) is 7.29. The van der Waals surface area contributed by atoms with Crippen molar-refractivity contribution in [1.82, 2.24) is 0 Å². The standard InChI is InChI=1S/C7H5IN2/c1-10-7-3-2-5(9)4-6(7)8/h2-4H,9H2. The SMILES string of the molecule is [C-]#[N+]c1ccc(N)cc1I. The molecule has 1 aromatic carbocycles. The highest BCUT2D eigenvalue weighted by Crippen LogP contribution is 2.22. The van der Waals surface area contributed by atoms with E-state index in [4.69, 9.17) is 12.3 Å². The maximum absolute atomic E-state index is 6.73. The number of nitrogen functional groups attached to an aromatic ring is 1. The fourth-order valence-electron chi connectivity index (χ4n) is 0.614. The number of rotatable bonds is 0. The Bertz CT molecular complexity index is 288. The highest BCUT2D eigenvalue weighted by atomic mass is 127. The van der Waals surface area contributed by atoms with E-state index >= 15 is 0 Å². The average molecular weight is 244 g/mol. The van der Waals surface area contributed by atoms with Gasteiger partial charge >= 0.3 is 0 Å². The van der Waals surface area contributed by atoms with Crippen LogP contribution >= 0.6 is 22.6 Å². The molecule has 0 aliphatic carbocycles. The third kappa shape index (κ3) is 1.39. The van der Waals surface area contributed by atoms with Gasteiger partial charge in [0.25, 0.3) is 0 Å². The molecule has 2 N–H and O–H groups in total. The van der Waals surface area contributed by atoms with Gasteiger partial charge in [-0.25, -0.2) is 4.85 Å². The summed E-state index contributed by atoms with van der Waals surface area (Å²) in [6, 6.07) is 5.24. The lowest BCUT2D eigenvalue weighted by Crippen LogP contribution is -1.83. The highest BCUT2D eigenvalue weighted by molar-refractivity contribution is 14.1. The summed E-state index contributed by atoms with van der Waals surface area (Å²) in [4.78, 5) is 3.30. The van der Waals surface area contributed by atoms with Crippen molar-refractivity contribution in [3.8, 4) is 0 Å². The lowest BCUT2D eigenvalue weighted by Gasteiger charge is -1.95. The second-order valence-electron chi connectivity index (χ2n) is 1.82. The first-order valence-corrected chi connectivity index (χ1v) is 3.74. The van der Waals surface area contributed by atoms with E-state index in [0.717, 1.165) is 3.57 Å². The molecule has 3 heteroatoms. The molecule has 1 rings (SSSR count). The van der Waals surface area contributed by atoms with E-state index in [1.165, 1.54) is 0 Å². The van der Waals surface area contributed by atoms with E-state index in [1.54, 1.807) is 18.2 Å². The highest BCUT2D eigenvalue weighted by Gasteiger charge is 1.96. The van der Waals surface area contributed by atoms with Crippen LogP contribution in [0.15, 0.2) is 18.2 Å². The zero-order valence-electron chi connectivity index (χ0n) is 5.13. The van der Waals surface area contributed by atoms with Crippen molar-refractivity contribution < 1.29 is 0 Å². The Morgan fingerprint density at radius 3 is 2.70 bits per heavy atom. The van der Waals surface area contributed by atoms with Gasteiger partial charge in [-0.3, -0.25) is 0 Å². The Morgan fingerprint density at radius 2 is 2.20 bits per heavy atom. The molecule has 2 nitrogen and oxygen atoms in total. The molecule has 0 radical (unpaired) electrons. The first kappa shape index (κ1) is 7.35. The van der Waals surface area contributed by atoms with Crippen molar-refractivity contribution in [3.05, 3.63) is 33.2 Å². The molecule has 0 aromatic heterocycles. The maximum Gasteiger partial charge on any atom is 0.200 e. The van der Waals surface area contributed by atoms with Crippen LogP contribution in [0.4, 0.5) is 11.4 Å². The van der Waals surface area contributed by atoms with Gasteiger partial charge in [0.15, 0.2) is 5.69 Å². The predicted octanol–water partition coefficient (Wildman–Crippen LogP) is 2.42. The van der Waals surface area contributed by atoms with Gasteiger partial charge in [0, 0.05) is 9.26 Å². The second-order valence-corrected chi connectivity index (χ2v) is 2.98. The molecule has 0 heterocycles. The van der Waals surface area contributed by atoms with Crippen LogP contribution < -0.4 is 5.73 Å². The van der Waals surface area contributed by atoms with Crippen LogP contribution in [-0.4, -0.2) is 0 Å². The van der Waals surface area contributed by atoms with Crippen molar-refractivity contribution in [2.45, 2.75) is 0 Å². The van der Waals surface area contributed by atoms with Crippen LogP contribution in [-0.2, 0) is 0 Å². The average Bonchev–Trinajstić information content (AvgIpc) is 1.88. The summed E-state index contributed by atoms with van der Waals surface area (Å²) in [7, 11) is 0. The smallest absolute Gasteiger partial charge is 0.200 e. The lowest BCUT2D eigenvalue weighted by atomic mass is 10.3. The van der Waals surface area contributed by atoms with E-state index in [-0.39, 0.29) is 0 Å². The van der Waals surface area contributed by atoms with Gasteiger partial charge in [-0.15, -0.1) is 0 Å². The van der Waals surface area contributed by atoms with Crippen LogP contribution in [0.25, 0.3) is 4.85 Å². The second kappa shape index (κ2) is 2.88. The van der Waals surface area contributed by atoms with E-state index < -0.39 is 0 Å². The molecule has 0 unspecified atom stereocenters. The first-order chi connectivity index (χ1) is 4.74. The molecule has 10 heavy (non-hydrogen) atoms. The summed E-state index contributed by atoms with van der Waals surface area (Å²) in [6.07, 6.45) is 0. The summed E-state index contributed by atoms with van der Waals surface area (Å²) < 4.78 is 0.910. The monoisotopic (exact) mass is 244 g/mol. The van der Waals surface area contributed by atoms with Crippen molar-refractivity contribution in [2.75, 3.05) is 5.73 Å². The number of benzene rings is 1. The molecule has 50 valence electrons. The number of hydrogen-bond acceptors (Lipinski definition) is 1. The summed E-state index contributed by atoms with van der Waals surface area (Å²) >= 11 is 2.09. The maximum atomic E-state index is 6.73. The van der Waals surface area contributed by atoms with E-state index in [9.17, 15) is 0 Å². The van der Waals surface area contributed by atoms with Gasteiger partial charge in [-0.1, -0.05) is 28.7 Å². The first-order valence-electron chi connectivity index (χ1n) is 2.66. The summed E-state index contributed by atoms with van der Waals surface area (Å²) in [6.45, 7) is 6.73. The fourth-order valence-corrected chi connectivity index (χ4v) is 1.27. The number of nitrogens with zero attached hydrogens (tertiary/aromatic N) is 1. The van der Waals surface area contributed by atoms with Crippen molar-refractivity contribution in [3.63, 3.8) is 0 Å². The lowest BCUT2D eigenvalue weighted by molar-refractivity contribution is 1.64. The summed E-state index contributed by atoms with van der Waals surface area (Å²) in [5, 5.41) is 0. The topological polar surface area (TPSA) is 30.4 Å². The third-order valence-electron chi connectivity index (χ3n) is 1.09. The van der Waals surface area contributed by atoms with E-state index in [1.807, 2.05) is 0 Å². The van der Waals surface area contributed by atoms with Crippen LogP contribution in [0.3, 0.4) is 0 Å². The number of anilines is 1. The molecule has 0 fully saturated rings. The third-order valence-corrected chi connectivity index (χ3v) is 1.96. The molecule has 0 bridgehead atoms. The zero-order chi connectivity index (χ0) is 7.56. The fraction of sp³-hybridized carbons (Fsp3) is 0. The molecule has 0 atom stereocenters. The van der Waals surface area contributed by atoms with Gasteiger partial charge in [-0.2, -0.15) is 0 Å². The van der Waals surface area contributed by atoms with Gasteiger partial charge < -0.3 is 5.73 Å². The van der Waals surface area contributed by atoms with Crippen molar-refractivity contribution >= 4 is 34.0 Å². The minimum Gasteiger partial charge on any atom is -0.399 e. The van der Waals surface area contributed by atoms with Crippen molar-refractivity contribution in [1.29, 1.82) is 0 Å². The number of halogens is 1. The molecule has 0 saturated carbocycles. The van der Waals surface area contributed by atoms with E-state index in [0.29, 0.717) is 11.4 Å². The molecule has 0 spiro atoms. The largest absolute Gasteiger partial charge is 0.399 e. The minimum atomic E-state index is 0.662. The molecule has 0 aliphatic rings. The molecule has 0 amide bonds. The molecular weight excluding hydrogens is 239 g/mol. The number of nitrogens with two attached hydrogens (primary N) is 1. The van der Waals surface area contributed by atoms with Gasteiger partial charge in [0.1, 0.15) is 0 Å². The van der Waals surface area contributed by atoms with Gasteiger partial charge in [0.2, 0.25) is 0 Å². The quantitative estimate of drug-likeness (QED) is 0.424. The van der Waals surface area contributed by atoms with Crippen molar-refractivity contribution in [2.24, 2.45) is 0 Å². The minimum absolute atomic E-state index is 0.662. The Hall–Kier alpha value is -0.760. The number of hydrogen-bond donors (Lipinski definition) is 1. The predicted molar refractivity (Wildman–Crippen MR) is 49.8 cm³/mol.